The first-order chi connectivity index (χ1) is 47.5. The summed E-state index contributed by atoms with van der Waals surface area (Å²) in [4.78, 5) is 37.8. The zero-order valence-corrected chi connectivity index (χ0v) is 58.0. The molecule has 580 valence electrons. The van der Waals surface area contributed by atoms with Crippen molar-refractivity contribution >= 4 is 17.8 Å². The Morgan fingerprint density at radius 3 is 1.40 bits per heavy atom. The summed E-state index contributed by atoms with van der Waals surface area (Å²) in [5.41, 5.74) is 0. The highest BCUT2D eigenvalue weighted by Gasteiger charge is 2.59. The van der Waals surface area contributed by atoms with Gasteiger partial charge in [-0.1, -0.05) is 168 Å². The van der Waals surface area contributed by atoms with Crippen molar-refractivity contribution < 1.29 is 149 Å². The normalized spacial score (nSPS) is 35.8. The van der Waals surface area contributed by atoms with E-state index in [1.54, 1.807) is 0 Å². The molecular weight excluding hydrogens is 1310 g/mol. The largest absolute Gasteiger partial charge is 0.477 e. The van der Waals surface area contributed by atoms with Gasteiger partial charge in [0.25, 0.3) is 5.79 Å². The zero-order valence-electron chi connectivity index (χ0n) is 58.0. The van der Waals surface area contributed by atoms with Gasteiger partial charge in [-0.05, 0) is 18.8 Å². The number of aliphatic hydroxyl groups excluding tert-OH is 16. The maximum absolute atomic E-state index is 12.9. The fourth-order valence-corrected chi connectivity index (χ4v) is 13.6. The number of carbonyl (C=O) groups is 3. The Hall–Kier alpha value is -2.63. The van der Waals surface area contributed by atoms with Crippen LogP contribution in [-0.2, 0) is 61.8 Å². The molecule has 0 aliphatic carbocycles. The van der Waals surface area contributed by atoms with Crippen molar-refractivity contribution in [2.45, 2.75) is 353 Å². The Balaban J connectivity index is 1.23. The Morgan fingerprint density at radius 2 is 0.929 bits per heavy atom. The minimum absolute atomic E-state index is 0.115. The maximum Gasteiger partial charge on any atom is 0.364 e. The molecule has 26 atom stereocenters. The minimum Gasteiger partial charge on any atom is -0.477 e. The third-order valence-corrected chi connectivity index (χ3v) is 19.6. The molecule has 5 fully saturated rings. The number of aliphatic hydroxyl groups is 16. The summed E-state index contributed by atoms with van der Waals surface area (Å²) < 4.78 is 58.9. The van der Waals surface area contributed by atoms with E-state index >= 15 is 0 Å². The fraction of sp³-hybridized carbons (Fsp3) is 0.955. The number of aliphatic carboxylic acids is 1. The molecule has 5 rings (SSSR count). The number of carboxylic acids is 1. The molecule has 0 aromatic rings. The highest BCUT2D eigenvalue weighted by molar-refractivity contribution is 5.78. The molecular formula is C67H122N2O30. The average molecular weight is 1440 g/mol. The van der Waals surface area contributed by atoms with Crippen LogP contribution in [-0.4, -0.2) is 310 Å². The first-order valence-electron chi connectivity index (χ1n) is 36.3. The molecule has 0 unspecified atom stereocenters. The van der Waals surface area contributed by atoms with Gasteiger partial charge in [-0.3, -0.25) is 9.59 Å². The van der Waals surface area contributed by atoms with Gasteiger partial charge in [-0.25, -0.2) is 4.79 Å². The Kier molecular flexibility index (Phi) is 40.1. The average Bonchev–Trinajstić information content (AvgIpc) is 0.777. The predicted molar refractivity (Wildman–Crippen MR) is 347 cm³/mol. The molecule has 32 heteroatoms. The lowest BCUT2D eigenvalue weighted by Gasteiger charge is -2.50. The van der Waals surface area contributed by atoms with E-state index < -0.39 is 223 Å². The summed E-state index contributed by atoms with van der Waals surface area (Å²) in [5.74, 6) is -6.88. The Labute approximate surface area is 580 Å². The Morgan fingerprint density at radius 1 is 0.485 bits per heavy atom. The number of nitrogens with one attached hydrogen (secondary N) is 2. The van der Waals surface area contributed by atoms with E-state index in [0.29, 0.717) is 0 Å². The van der Waals surface area contributed by atoms with Crippen LogP contribution in [0.5, 0.6) is 0 Å². The van der Waals surface area contributed by atoms with Gasteiger partial charge in [0.15, 0.2) is 25.2 Å². The number of unbranched alkanes of at least 4 members (excludes halogenated alkanes) is 22. The molecule has 5 heterocycles. The molecule has 99 heavy (non-hydrogen) atoms. The molecule has 0 bridgehead atoms. The Bertz CT molecular complexity index is 2190. The van der Waals surface area contributed by atoms with Crippen molar-refractivity contribution in [3.05, 3.63) is 0 Å². The summed E-state index contributed by atoms with van der Waals surface area (Å²) in [6, 6.07) is -3.53. The van der Waals surface area contributed by atoms with Crippen LogP contribution in [0.4, 0.5) is 0 Å². The second kappa shape index (κ2) is 45.7. The smallest absolute Gasteiger partial charge is 0.364 e. The van der Waals surface area contributed by atoms with Crippen LogP contribution in [0.25, 0.3) is 0 Å². The number of hydrogen-bond acceptors (Lipinski definition) is 29. The van der Waals surface area contributed by atoms with Gasteiger partial charge in [0.2, 0.25) is 11.8 Å². The number of carboxylic acid groups (broad SMARTS) is 1. The van der Waals surface area contributed by atoms with Crippen molar-refractivity contribution in [3.63, 3.8) is 0 Å². The van der Waals surface area contributed by atoms with E-state index in [2.05, 4.69) is 24.5 Å². The summed E-state index contributed by atoms with van der Waals surface area (Å²) in [6.45, 7) is -0.558. The predicted octanol–water partition coefficient (Wildman–Crippen LogP) is -1.64. The van der Waals surface area contributed by atoms with Crippen molar-refractivity contribution in [2.24, 2.45) is 5.92 Å². The van der Waals surface area contributed by atoms with E-state index in [0.717, 1.165) is 58.3 Å². The first-order valence-corrected chi connectivity index (χ1v) is 36.3. The lowest BCUT2D eigenvalue weighted by molar-refractivity contribution is -0.383. The number of hydrogen-bond donors (Lipinski definition) is 19. The molecule has 2 amide bonds. The highest BCUT2D eigenvalue weighted by atomic mass is 16.8. The number of rotatable bonds is 48. The van der Waals surface area contributed by atoms with Crippen molar-refractivity contribution in [3.8, 4) is 0 Å². The zero-order chi connectivity index (χ0) is 72.8. The first kappa shape index (κ1) is 87.0. The molecule has 5 aliphatic heterocycles. The molecule has 0 saturated carbocycles. The summed E-state index contributed by atoms with van der Waals surface area (Å²) in [7, 11) is 0. The molecule has 32 nitrogen and oxygen atoms in total. The quantitative estimate of drug-likeness (QED) is 0.0304. The van der Waals surface area contributed by atoms with Gasteiger partial charge >= 0.3 is 5.97 Å². The molecule has 19 N–H and O–H groups in total. The highest BCUT2D eigenvalue weighted by Crippen LogP contribution is 2.38. The van der Waals surface area contributed by atoms with Gasteiger partial charge in [0.1, 0.15) is 123 Å². The second-order valence-electron chi connectivity index (χ2n) is 27.4. The fourth-order valence-electron chi connectivity index (χ4n) is 13.6. The standard InChI is InChI=1S/C67H122N2O30/c1-4-6-8-10-12-14-16-18-20-22-24-26-28-39(29-27-25-23-21-19-17-15-13-11-9-7-5-2)36-90-63-56(86)54(84)59(44(34-73)94-63)97-65-57(87)61(51(81)42(32-71)92-65)98-62-48(68-38(3)75)52(82)58(43(33-72)93-62)96-64-55(85)53(83)50(80)45(95-64)37-91-67(66(88)89)30-40(76)47(69-46(78)35-74)60(99-67)49(79)41(77)31-70/h39-45,47-65,70-74,76-77,79-87H,4-37H2,1-3H3,(H,68,75)(H,69,78)(H,88,89)/t40-,41+,42+,43+,44+,45+,47+,48+,49+,50-,51-,52+,53-,54+,55+,56+,57+,58+,59+,60+,61-,62-,63+,64-,65-,67+/m0/s1. The molecule has 0 aromatic carbocycles. The van der Waals surface area contributed by atoms with Crippen molar-refractivity contribution in [1.82, 2.24) is 10.6 Å². The van der Waals surface area contributed by atoms with Crippen LogP contribution >= 0.6 is 0 Å². The van der Waals surface area contributed by atoms with E-state index in [1.807, 2.05) is 0 Å². The third kappa shape index (κ3) is 26.1. The SMILES string of the molecule is CCCCCCCCCCCCCCC(CCCCCCCCCCCCCC)CO[C@@H]1O[C@H](CO)[C@@H](O[C@@H]2O[C@H](CO)[C@H](O)[C@H](O[C@@H]3O[C@H](CO)[C@@H](O[C@@H]4O[C@H](CO[C@]5(C(=O)O)C[C@H](O)[C@@H](NC(=O)CO)[C@H]([C@H](O)[C@H](O)CO)O5)[C@H](O)[C@H](O)[C@H]4O)[C@H](O)[C@H]3NC(C)=O)[C@H]2O)[C@H](O)[C@H]1O. The molecule has 0 spiro atoms. The van der Waals surface area contributed by atoms with Gasteiger partial charge in [0, 0.05) is 13.3 Å². The van der Waals surface area contributed by atoms with Crippen LogP contribution in [0, 0.1) is 5.92 Å². The van der Waals surface area contributed by atoms with Crippen molar-refractivity contribution in [1.29, 1.82) is 0 Å². The molecule has 0 aromatic heterocycles. The van der Waals surface area contributed by atoms with E-state index in [9.17, 15) is 101 Å². The summed E-state index contributed by atoms with van der Waals surface area (Å²) in [5, 5.41) is 190. The topological polar surface area (TPSA) is 511 Å². The van der Waals surface area contributed by atoms with Crippen LogP contribution in [0.1, 0.15) is 194 Å². The van der Waals surface area contributed by atoms with Crippen LogP contribution in [0.2, 0.25) is 0 Å². The number of amides is 2. The summed E-state index contributed by atoms with van der Waals surface area (Å²) >= 11 is 0. The van der Waals surface area contributed by atoms with E-state index in [-0.39, 0.29) is 12.5 Å². The lowest BCUT2D eigenvalue weighted by atomic mass is 9.88. The van der Waals surface area contributed by atoms with Gasteiger partial charge < -0.3 is 145 Å². The molecule has 5 aliphatic rings. The van der Waals surface area contributed by atoms with Crippen molar-refractivity contribution in [2.75, 3.05) is 46.2 Å². The monoisotopic (exact) mass is 1430 g/mol. The lowest BCUT2D eigenvalue weighted by Crippen LogP contribution is -2.70. The minimum atomic E-state index is -3.03. The van der Waals surface area contributed by atoms with E-state index in [4.69, 9.17) is 47.4 Å². The number of ether oxygens (including phenoxy) is 10. The van der Waals surface area contributed by atoms with Crippen LogP contribution in [0.15, 0.2) is 0 Å². The van der Waals surface area contributed by atoms with Crippen LogP contribution < -0.4 is 10.6 Å². The molecule has 5 saturated heterocycles. The van der Waals surface area contributed by atoms with E-state index in [1.165, 1.54) is 116 Å². The molecule has 0 radical (unpaired) electrons. The van der Waals surface area contributed by atoms with Gasteiger partial charge in [-0.2, -0.15) is 0 Å². The maximum atomic E-state index is 12.9. The van der Waals surface area contributed by atoms with Gasteiger partial charge in [0.05, 0.1) is 51.8 Å². The van der Waals surface area contributed by atoms with Crippen LogP contribution in [0.3, 0.4) is 0 Å². The van der Waals surface area contributed by atoms with Gasteiger partial charge in [-0.15, -0.1) is 0 Å². The summed E-state index contributed by atoms with van der Waals surface area (Å²) in [6.07, 6.45) is -14.7. The number of carbonyl (C=O) groups excluding carboxylic acids is 2. The second-order valence-corrected chi connectivity index (χ2v) is 27.4. The third-order valence-electron chi connectivity index (χ3n) is 19.6.